The molecule has 7 heteroatoms. The maximum Gasteiger partial charge on any atom is 0.251 e. The highest BCUT2D eigenvalue weighted by atomic mass is 32.1. The largest absolute Gasteiger partial charge is 0.493 e. The summed E-state index contributed by atoms with van der Waals surface area (Å²) < 4.78 is 10.4. The summed E-state index contributed by atoms with van der Waals surface area (Å²) in [6, 6.07) is 7.21. The predicted octanol–water partition coefficient (Wildman–Crippen LogP) is 2.74. The summed E-state index contributed by atoms with van der Waals surface area (Å²) in [4.78, 5) is 24.4. The van der Waals surface area contributed by atoms with Crippen molar-refractivity contribution < 1.29 is 19.1 Å². The Morgan fingerprint density at radius 1 is 1.17 bits per heavy atom. The Kier molecular flexibility index (Phi) is 5.81. The third-order valence-corrected chi connectivity index (χ3v) is 4.43. The van der Waals surface area contributed by atoms with Gasteiger partial charge in [-0.2, -0.15) is 0 Å². The zero-order valence-electron chi connectivity index (χ0n) is 13.8. The topological polar surface area (TPSA) is 90.6 Å². The van der Waals surface area contributed by atoms with Gasteiger partial charge in [0.1, 0.15) is 5.00 Å². The molecule has 2 amide bonds. The molecule has 0 saturated carbocycles. The molecule has 1 aromatic heterocycles. The normalized spacial score (nSPS) is 10.3. The fourth-order valence-electron chi connectivity index (χ4n) is 2.27. The van der Waals surface area contributed by atoms with Crippen LogP contribution in [0.4, 0.5) is 5.00 Å². The summed E-state index contributed by atoms with van der Waals surface area (Å²) >= 11 is 1.33. The van der Waals surface area contributed by atoms with Gasteiger partial charge in [-0.05, 0) is 37.1 Å². The van der Waals surface area contributed by atoms with Gasteiger partial charge in [0, 0.05) is 11.3 Å². The van der Waals surface area contributed by atoms with Gasteiger partial charge < -0.3 is 20.5 Å². The lowest BCUT2D eigenvalue weighted by Gasteiger charge is -2.09. The first-order chi connectivity index (χ1) is 11.4. The molecule has 0 bridgehead atoms. The molecule has 0 aliphatic rings. The fourth-order valence-corrected chi connectivity index (χ4v) is 3.21. The SMILES string of the molecule is COc1ccc(CCC(=O)Nc2sc(C)cc2C(N)=O)cc1OC. The van der Waals surface area contributed by atoms with E-state index >= 15 is 0 Å². The van der Waals surface area contributed by atoms with Crippen molar-refractivity contribution >= 4 is 28.2 Å². The van der Waals surface area contributed by atoms with E-state index in [1.165, 1.54) is 11.3 Å². The van der Waals surface area contributed by atoms with E-state index in [2.05, 4.69) is 5.32 Å². The summed E-state index contributed by atoms with van der Waals surface area (Å²) in [5.41, 5.74) is 6.62. The lowest BCUT2D eigenvalue weighted by Crippen LogP contribution is -2.16. The number of hydrogen-bond donors (Lipinski definition) is 2. The van der Waals surface area contributed by atoms with Gasteiger partial charge in [0.2, 0.25) is 5.91 Å². The Morgan fingerprint density at radius 3 is 2.50 bits per heavy atom. The number of benzene rings is 1. The van der Waals surface area contributed by atoms with E-state index in [9.17, 15) is 9.59 Å². The lowest BCUT2D eigenvalue weighted by molar-refractivity contribution is -0.116. The van der Waals surface area contributed by atoms with Crippen LogP contribution >= 0.6 is 11.3 Å². The number of nitrogens with two attached hydrogens (primary N) is 1. The molecule has 3 N–H and O–H groups in total. The zero-order chi connectivity index (χ0) is 17.7. The van der Waals surface area contributed by atoms with Crippen LogP contribution in [0.2, 0.25) is 0 Å². The van der Waals surface area contributed by atoms with Gasteiger partial charge in [0.25, 0.3) is 5.91 Å². The molecule has 24 heavy (non-hydrogen) atoms. The Labute approximate surface area is 144 Å². The average Bonchev–Trinajstić information content (AvgIpc) is 2.93. The van der Waals surface area contributed by atoms with E-state index in [4.69, 9.17) is 15.2 Å². The molecular formula is C17H20N2O4S. The molecule has 0 aliphatic carbocycles. The molecule has 1 heterocycles. The predicted molar refractivity (Wildman–Crippen MR) is 94.1 cm³/mol. The summed E-state index contributed by atoms with van der Waals surface area (Å²) in [6.45, 7) is 1.86. The van der Waals surface area contributed by atoms with E-state index in [0.29, 0.717) is 28.5 Å². The number of carbonyl (C=O) groups excluding carboxylic acids is 2. The van der Waals surface area contributed by atoms with Crippen LogP contribution in [0.1, 0.15) is 27.2 Å². The van der Waals surface area contributed by atoms with Gasteiger partial charge in [-0.25, -0.2) is 0 Å². The molecule has 128 valence electrons. The average molecular weight is 348 g/mol. The number of methoxy groups -OCH3 is 2. The van der Waals surface area contributed by atoms with Crippen molar-refractivity contribution in [2.75, 3.05) is 19.5 Å². The van der Waals surface area contributed by atoms with Gasteiger partial charge in [0.05, 0.1) is 19.8 Å². The highest BCUT2D eigenvalue weighted by molar-refractivity contribution is 7.16. The summed E-state index contributed by atoms with van der Waals surface area (Å²) in [6.07, 6.45) is 0.826. The number of aryl methyl sites for hydroxylation is 2. The van der Waals surface area contributed by atoms with Gasteiger partial charge >= 0.3 is 0 Å². The molecule has 0 radical (unpaired) electrons. The first kappa shape index (κ1) is 17.8. The van der Waals surface area contributed by atoms with E-state index < -0.39 is 5.91 Å². The maximum atomic E-state index is 12.1. The number of ether oxygens (including phenoxy) is 2. The smallest absolute Gasteiger partial charge is 0.251 e. The number of amides is 2. The standard InChI is InChI=1S/C17H20N2O4S/c1-10-8-12(16(18)21)17(24-10)19-15(20)7-5-11-4-6-13(22-2)14(9-11)23-3/h4,6,8-9H,5,7H2,1-3H3,(H2,18,21)(H,19,20). The number of rotatable bonds is 7. The van der Waals surface area contributed by atoms with E-state index in [-0.39, 0.29) is 12.3 Å². The van der Waals surface area contributed by atoms with Crippen LogP contribution < -0.4 is 20.5 Å². The minimum atomic E-state index is -0.547. The third kappa shape index (κ3) is 4.26. The molecule has 2 rings (SSSR count). The molecule has 6 nitrogen and oxygen atoms in total. The number of anilines is 1. The van der Waals surface area contributed by atoms with Crippen molar-refractivity contribution in [3.63, 3.8) is 0 Å². The maximum absolute atomic E-state index is 12.1. The van der Waals surface area contributed by atoms with Crippen molar-refractivity contribution in [1.29, 1.82) is 0 Å². The lowest BCUT2D eigenvalue weighted by atomic mass is 10.1. The van der Waals surface area contributed by atoms with Crippen molar-refractivity contribution in [1.82, 2.24) is 0 Å². The molecule has 0 saturated heterocycles. The van der Waals surface area contributed by atoms with Gasteiger partial charge in [0.15, 0.2) is 11.5 Å². The third-order valence-electron chi connectivity index (χ3n) is 3.46. The van der Waals surface area contributed by atoms with Crippen molar-refractivity contribution in [2.24, 2.45) is 5.73 Å². The Bertz CT molecular complexity index is 755. The summed E-state index contributed by atoms with van der Waals surface area (Å²) in [5, 5.41) is 3.25. The Morgan fingerprint density at radius 2 is 1.88 bits per heavy atom. The molecule has 0 aliphatic heterocycles. The first-order valence-electron chi connectivity index (χ1n) is 7.35. The van der Waals surface area contributed by atoms with Gasteiger partial charge in [-0.15, -0.1) is 11.3 Å². The number of carbonyl (C=O) groups is 2. The number of nitrogens with one attached hydrogen (secondary N) is 1. The van der Waals surface area contributed by atoms with E-state index in [1.807, 2.05) is 19.1 Å². The summed E-state index contributed by atoms with van der Waals surface area (Å²) in [5.74, 6) is 0.551. The highest BCUT2D eigenvalue weighted by Gasteiger charge is 2.14. The molecular weight excluding hydrogens is 328 g/mol. The molecule has 0 spiro atoms. The van der Waals surface area contributed by atoms with Crippen LogP contribution in [-0.2, 0) is 11.2 Å². The minimum absolute atomic E-state index is 0.172. The number of hydrogen-bond acceptors (Lipinski definition) is 5. The number of primary amides is 1. The molecule has 0 fully saturated rings. The van der Waals surface area contributed by atoms with Crippen LogP contribution in [0.25, 0.3) is 0 Å². The second-order valence-corrected chi connectivity index (χ2v) is 6.46. The van der Waals surface area contributed by atoms with Crippen LogP contribution in [0, 0.1) is 6.92 Å². The van der Waals surface area contributed by atoms with Crippen LogP contribution in [0.3, 0.4) is 0 Å². The summed E-state index contributed by atoms with van der Waals surface area (Å²) in [7, 11) is 3.14. The van der Waals surface area contributed by atoms with Crippen LogP contribution in [0.5, 0.6) is 11.5 Å². The highest BCUT2D eigenvalue weighted by Crippen LogP contribution is 2.29. The molecule has 0 atom stereocenters. The van der Waals surface area contributed by atoms with E-state index in [0.717, 1.165) is 10.4 Å². The Balaban J connectivity index is 2.00. The Hall–Kier alpha value is -2.54. The fraction of sp³-hybridized carbons (Fsp3) is 0.294. The zero-order valence-corrected chi connectivity index (χ0v) is 14.7. The quantitative estimate of drug-likeness (QED) is 0.805. The molecule has 2 aromatic rings. The second kappa shape index (κ2) is 7.83. The monoisotopic (exact) mass is 348 g/mol. The molecule has 0 unspecified atom stereocenters. The minimum Gasteiger partial charge on any atom is -0.493 e. The van der Waals surface area contributed by atoms with Crippen molar-refractivity contribution in [3.05, 3.63) is 40.3 Å². The van der Waals surface area contributed by atoms with Crippen LogP contribution in [0.15, 0.2) is 24.3 Å². The van der Waals surface area contributed by atoms with Gasteiger partial charge in [-0.1, -0.05) is 6.07 Å². The van der Waals surface area contributed by atoms with Crippen molar-refractivity contribution in [2.45, 2.75) is 19.8 Å². The molecule has 1 aromatic carbocycles. The first-order valence-corrected chi connectivity index (χ1v) is 8.17. The van der Waals surface area contributed by atoms with Crippen LogP contribution in [-0.4, -0.2) is 26.0 Å². The number of thiophene rings is 1. The van der Waals surface area contributed by atoms with E-state index in [1.54, 1.807) is 26.4 Å². The van der Waals surface area contributed by atoms with Gasteiger partial charge in [-0.3, -0.25) is 9.59 Å². The second-order valence-electron chi connectivity index (χ2n) is 5.20. The van der Waals surface area contributed by atoms with Crippen molar-refractivity contribution in [3.8, 4) is 11.5 Å².